The van der Waals surface area contributed by atoms with Gasteiger partial charge in [-0.05, 0) is 74.7 Å². The summed E-state index contributed by atoms with van der Waals surface area (Å²) >= 11 is 6.24. The van der Waals surface area contributed by atoms with E-state index < -0.39 is 0 Å². The van der Waals surface area contributed by atoms with E-state index in [0.29, 0.717) is 5.95 Å². The number of hydrogen-bond acceptors (Lipinski definition) is 4. The smallest absolute Gasteiger partial charge is 0.229 e. The highest BCUT2D eigenvalue weighted by atomic mass is 35.5. The van der Waals surface area contributed by atoms with Crippen LogP contribution in [0, 0.1) is 19.7 Å². The van der Waals surface area contributed by atoms with Crippen LogP contribution in [0.5, 0.6) is 0 Å². The number of anilines is 3. The van der Waals surface area contributed by atoms with Crippen molar-refractivity contribution in [2.75, 3.05) is 16.8 Å². The van der Waals surface area contributed by atoms with Crippen molar-refractivity contribution in [1.82, 2.24) is 9.97 Å². The van der Waals surface area contributed by atoms with Crippen molar-refractivity contribution >= 4 is 29.1 Å². The number of aromatic nitrogens is 2. The van der Waals surface area contributed by atoms with Crippen LogP contribution in [-0.4, -0.2) is 16.5 Å². The van der Waals surface area contributed by atoms with E-state index >= 15 is 0 Å². The van der Waals surface area contributed by atoms with E-state index in [-0.39, 0.29) is 11.9 Å². The third-order valence-electron chi connectivity index (χ3n) is 5.38. The summed E-state index contributed by atoms with van der Waals surface area (Å²) in [6.45, 7) is 7.09. The third kappa shape index (κ3) is 3.54. The molecule has 1 aliphatic rings. The van der Waals surface area contributed by atoms with Crippen LogP contribution in [0.4, 0.5) is 21.8 Å². The van der Waals surface area contributed by atoms with Gasteiger partial charge in [0.25, 0.3) is 0 Å². The molecule has 3 aromatic rings. The molecule has 1 unspecified atom stereocenters. The lowest BCUT2D eigenvalue weighted by Gasteiger charge is -2.37. The molecule has 1 atom stereocenters. The molecule has 0 bridgehead atoms. The first kappa shape index (κ1) is 18.7. The minimum atomic E-state index is -0.272. The van der Waals surface area contributed by atoms with E-state index in [2.05, 4.69) is 34.3 Å². The lowest BCUT2D eigenvalue weighted by atomic mass is 9.93. The Bertz CT molecular complexity index is 1020. The first-order valence-corrected chi connectivity index (χ1v) is 9.73. The predicted molar refractivity (Wildman–Crippen MR) is 112 cm³/mol. The van der Waals surface area contributed by atoms with Crippen molar-refractivity contribution in [3.8, 4) is 0 Å². The molecule has 4 nitrogen and oxygen atoms in total. The molecule has 0 saturated heterocycles. The number of halogens is 2. The van der Waals surface area contributed by atoms with Crippen LogP contribution < -0.4 is 10.2 Å². The van der Waals surface area contributed by atoms with Crippen LogP contribution in [0.15, 0.2) is 42.5 Å². The lowest BCUT2D eigenvalue weighted by Crippen LogP contribution is -2.35. The van der Waals surface area contributed by atoms with E-state index in [0.717, 1.165) is 40.8 Å². The molecule has 2 aromatic carbocycles. The zero-order valence-corrected chi connectivity index (χ0v) is 16.9. The van der Waals surface area contributed by atoms with Crippen LogP contribution in [0.3, 0.4) is 0 Å². The Hall–Kier alpha value is -2.66. The number of aryl methyl sites for hydroxylation is 1. The fourth-order valence-corrected chi connectivity index (χ4v) is 3.87. The molecule has 144 valence electrons. The van der Waals surface area contributed by atoms with Gasteiger partial charge < -0.3 is 10.2 Å². The molecule has 1 aliphatic heterocycles. The Labute approximate surface area is 169 Å². The third-order valence-corrected chi connectivity index (χ3v) is 5.62. The maximum absolute atomic E-state index is 13.2. The highest BCUT2D eigenvalue weighted by Crippen LogP contribution is 2.36. The highest BCUT2D eigenvalue weighted by Gasteiger charge is 2.27. The van der Waals surface area contributed by atoms with Gasteiger partial charge in [0.2, 0.25) is 5.95 Å². The fraction of sp³-hybridized carbons (Fsp3) is 0.273. The average molecular weight is 397 g/mol. The van der Waals surface area contributed by atoms with E-state index in [9.17, 15) is 4.39 Å². The molecule has 4 rings (SSSR count). The van der Waals surface area contributed by atoms with Gasteiger partial charge in [-0.3, -0.25) is 0 Å². The first-order valence-electron chi connectivity index (χ1n) is 9.35. The molecule has 0 aliphatic carbocycles. The summed E-state index contributed by atoms with van der Waals surface area (Å²) in [5.74, 6) is 1.15. The standard InChI is InChI=1S/C22H22ClFN4/c1-13-14(2)25-22(26-19-8-6-18(24)7-9-19)27-21(13)28-11-10-16-4-5-17(23)12-20(16)15(28)3/h4-9,12,15H,10-11H2,1-3H3,(H,25,26,27). The minimum absolute atomic E-state index is 0.161. The Balaban J connectivity index is 1.69. The van der Waals surface area contributed by atoms with Crippen molar-refractivity contribution in [2.24, 2.45) is 0 Å². The summed E-state index contributed by atoms with van der Waals surface area (Å²) in [4.78, 5) is 11.7. The molecule has 6 heteroatoms. The van der Waals surface area contributed by atoms with Crippen LogP contribution >= 0.6 is 11.6 Å². The summed E-state index contributed by atoms with van der Waals surface area (Å²) in [5.41, 5.74) is 5.30. The average Bonchev–Trinajstić information content (AvgIpc) is 2.67. The maximum atomic E-state index is 13.2. The fourth-order valence-electron chi connectivity index (χ4n) is 3.69. The number of benzene rings is 2. The van der Waals surface area contributed by atoms with Crippen molar-refractivity contribution in [2.45, 2.75) is 33.2 Å². The van der Waals surface area contributed by atoms with E-state index in [1.807, 2.05) is 19.9 Å². The highest BCUT2D eigenvalue weighted by molar-refractivity contribution is 6.30. The van der Waals surface area contributed by atoms with Gasteiger partial charge in [0.1, 0.15) is 11.6 Å². The van der Waals surface area contributed by atoms with Crippen LogP contribution in [0.1, 0.15) is 35.3 Å². The predicted octanol–water partition coefficient (Wildman–Crippen LogP) is 5.75. The number of nitrogens with zero attached hydrogens (tertiary/aromatic N) is 3. The Morgan fingerprint density at radius 2 is 1.86 bits per heavy atom. The quantitative estimate of drug-likeness (QED) is 0.611. The van der Waals surface area contributed by atoms with Crippen LogP contribution in [0.2, 0.25) is 5.02 Å². The van der Waals surface area contributed by atoms with E-state index in [1.165, 1.54) is 23.3 Å². The number of hydrogen-bond donors (Lipinski definition) is 1. The summed E-state index contributed by atoms with van der Waals surface area (Å²) < 4.78 is 13.2. The molecule has 0 saturated carbocycles. The Morgan fingerprint density at radius 1 is 1.11 bits per heavy atom. The van der Waals surface area contributed by atoms with Crippen molar-refractivity contribution < 1.29 is 4.39 Å². The summed E-state index contributed by atoms with van der Waals surface area (Å²) in [6, 6.07) is 12.5. The molecule has 2 heterocycles. The number of nitrogens with one attached hydrogen (secondary N) is 1. The molecule has 0 amide bonds. The second kappa shape index (κ2) is 7.40. The van der Waals surface area contributed by atoms with Crippen LogP contribution in [0.25, 0.3) is 0 Å². The van der Waals surface area contributed by atoms with E-state index in [4.69, 9.17) is 16.6 Å². The zero-order chi connectivity index (χ0) is 19.8. The van der Waals surface area contributed by atoms with Gasteiger partial charge >= 0.3 is 0 Å². The Kier molecular flexibility index (Phi) is 4.94. The normalized spacial score (nSPS) is 16.0. The van der Waals surface area contributed by atoms with Gasteiger partial charge in [-0.15, -0.1) is 0 Å². The monoisotopic (exact) mass is 396 g/mol. The van der Waals surface area contributed by atoms with Gasteiger partial charge in [0, 0.05) is 28.5 Å². The second-order valence-electron chi connectivity index (χ2n) is 7.18. The van der Waals surface area contributed by atoms with Gasteiger partial charge in [0.05, 0.1) is 6.04 Å². The lowest BCUT2D eigenvalue weighted by molar-refractivity contribution is 0.614. The second-order valence-corrected chi connectivity index (χ2v) is 7.61. The molecule has 0 radical (unpaired) electrons. The molecule has 0 spiro atoms. The topological polar surface area (TPSA) is 41.1 Å². The van der Waals surface area contributed by atoms with Crippen LogP contribution in [-0.2, 0) is 6.42 Å². The molecule has 28 heavy (non-hydrogen) atoms. The largest absolute Gasteiger partial charge is 0.349 e. The molecular formula is C22H22ClFN4. The molecular weight excluding hydrogens is 375 g/mol. The zero-order valence-electron chi connectivity index (χ0n) is 16.1. The Morgan fingerprint density at radius 3 is 2.61 bits per heavy atom. The van der Waals surface area contributed by atoms with Gasteiger partial charge in [-0.25, -0.2) is 9.37 Å². The van der Waals surface area contributed by atoms with E-state index in [1.54, 1.807) is 12.1 Å². The SMILES string of the molecule is Cc1nc(Nc2ccc(F)cc2)nc(N2CCc3ccc(Cl)cc3C2C)c1C. The minimum Gasteiger partial charge on any atom is -0.349 e. The number of fused-ring (bicyclic) bond motifs is 1. The summed E-state index contributed by atoms with van der Waals surface area (Å²) in [5, 5.41) is 3.94. The molecule has 1 N–H and O–H groups in total. The number of rotatable bonds is 3. The first-order chi connectivity index (χ1) is 13.4. The maximum Gasteiger partial charge on any atom is 0.229 e. The van der Waals surface area contributed by atoms with Gasteiger partial charge in [-0.1, -0.05) is 17.7 Å². The molecule has 1 aromatic heterocycles. The summed E-state index contributed by atoms with van der Waals surface area (Å²) in [7, 11) is 0. The summed E-state index contributed by atoms with van der Waals surface area (Å²) in [6.07, 6.45) is 0.945. The van der Waals surface area contributed by atoms with Crippen molar-refractivity contribution in [3.63, 3.8) is 0 Å². The van der Waals surface area contributed by atoms with Gasteiger partial charge in [-0.2, -0.15) is 4.98 Å². The van der Waals surface area contributed by atoms with Crippen molar-refractivity contribution in [1.29, 1.82) is 0 Å². The van der Waals surface area contributed by atoms with Crippen molar-refractivity contribution in [3.05, 3.63) is 75.7 Å². The molecule has 0 fully saturated rings. The van der Waals surface area contributed by atoms with Gasteiger partial charge in [0.15, 0.2) is 0 Å².